The number of benzene rings is 7. The quantitative estimate of drug-likeness (QED) is 0.0923. The van der Waals surface area contributed by atoms with Crippen molar-refractivity contribution in [2.24, 2.45) is 0 Å². The number of allylic oxidation sites excluding steroid dienone is 2. The maximum Gasteiger partial charge on any atom is 0.119 e. The number of hydrogen-bond acceptors (Lipinski definition) is 1. The normalized spacial score (nSPS) is 17.0. The third-order valence-electron chi connectivity index (χ3n) is 11.6. The van der Waals surface area contributed by atoms with E-state index in [0.717, 1.165) is 6.42 Å². The Bertz CT molecular complexity index is 2770. The Morgan fingerprint density at radius 3 is 1.94 bits per heavy atom. The van der Waals surface area contributed by atoms with Gasteiger partial charge >= 0.3 is 0 Å². The Labute approximate surface area is 330 Å². The second-order valence-corrected chi connectivity index (χ2v) is 17.0. The molecule has 260 valence electrons. The first-order chi connectivity index (χ1) is 26.4. The second-order valence-electron chi connectivity index (χ2n) is 15.1. The molecule has 0 N–H and O–H groups in total. The summed E-state index contributed by atoms with van der Waals surface area (Å²) in [6.07, 6.45) is 8.03. The lowest BCUT2D eigenvalue weighted by atomic mass is 9.82. The molecule has 0 fully saturated rings. The van der Waals surface area contributed by atoms with Crippen LogP contribution in [0.4, 0.5) is 11.4 Å². The minimum atomic E-state index is -0.329. The molecule has 2 nitrogen and oxygen atoms in total. The summed E-state index contributed by atoms with van der Waals surface area (Å²) < 4.78 is 2.05. The fourth-order valence-electron chi connectivity index (χ4n) is 8.85. The van der Waals surface area contributed by atoms with Crippen molar-refractivity contribution in [2.75, 3.05) is 4.90 Å². The molecule has 54 heavy (non-hydrogen) atoms. The lowest BCUT2D eigenvalue weighted by molar-refractivity contribution is 0.660. The van der Waals surface area contributed by atoms with Gasteiger partial charge in [-0.15, -0.1) is 0 Å². The lowest BCUT2D eigenvalue weighted by Crippen LogP contribution is -2.39. The van der Waals surface area contributed by atoms with Gasteiger partial charge in [0.15, 0.2) is 0 Å². The third-order valence-corrected chi connectivity index (χ3v) is 12.9. The van der Waals surface area contributed by atoms with Crippen molar-refractivity contribution in [3.63, 3.8) is 0 Å². The third kappa shape index (κ3) is 5.28. The van der Waals surface area contributed by atoms with E-state index < -0.39 is 0 Å². The summed E-state index contributed by atoms with van der Waals surface area (Å²) >= 11 is 2.69. The lowest BCUT2D eigenvalue weighted by Gasteiger charge is -2.41. The Balaban J connectivity index is 1.05. The summed E-state index contributed by atoms with van der Waals surface area (Å²) in [7, 11) is 0. The van der Waals surface area contributed by atoms with Gasteiger partial charge in [-0.1, -0.05) is 141 Å². The van der Waals surface area contributed by atoms with Crippen molar-refractivity contribution in [3.8, 4) is 27.9 Å². The van der Waals surface area contributed by atoms with E-state index >= 15 is 0 Å². The van der Waals surface area contributed by atoms with Crippen LogP contribution < -0.4 is 4.90 Å². The maximum atomic E-state index is 2.69. The van der Waals surface area contributed by atoms with Gasteiger partial charge in [0.25, 0.3) is 0 Å². The predicted molar refractivity (Wildman–Crippen MR) is 237 cm³/mol. The number of nitrogens with zero attached hydrogens (tertiary/aromatic N) is 2. The first-order valence-electron chi connectivity index (χ1n) is 18.8. The Kier molecular flexibility index (Phi) is 7.78. The van der Waals surface area contributed by atoms with Crippen LogP contribution >= 0.6 is 22.6 Å². The van der Waals surface area contributed by atoms with Crippen LogP contribution in [0.5, 0.6) is 0 Å². The van der Waals surface area contributed by atoms with E-state index in [2.05, 4.69) is 234 Å². The predicted octanol–water partition coefficient (Wildman–Crippen LogP) is 14.1. The standard InChI is InChI=1S/C51H39IN2/c1-50(2)46-19-11-9-17-42(46)44-34-41(26-27-47(44)50)54(40-24-21-36(22-25-40)35-13-5-3-6-14-35)51(52)31-29-37(30-32-51)38-23-28-49-45(33-38)43-18-10-12-20-48(43)53(49)39-15-7-4-8-16-39/h3-31,33-34H,32H2,1-2H3. The minimum absolute atomic E-state index is 0.0362. The molecule has 10 rings (SSSR count). The van der Waals surface area contributed by atoms with E-state index in [1.807, 2.05) is 0 Å². The summed E-state index contributed by atoms with van der Waals surface area (Å²) in [6, 6.07) is 62.2. The van der Waals surface area contributed by atoms with Crippen LogP contribution in [0.25, 0.3) is 55.3 Å². The van der Waals surface area contributed by atoms with Crippen LogP contribution in [0.3, 0.4) is 0 Å². The number of halogens is 1. The molecule has 2 aliphatic rings. The fourth-order valence-corrected chi connectivity index (χ4v) is 9.81. The number of aromatic nitrogens is 1. The molecule has 1 atom stereocenters. The highest BCUT2D eigenvalue weighted by molar-refractivity contribution is 14.1. The van der Waals surface area contributed by atoms with Crippen molar-refractivity contribution < 1.29 is 0 Å². The van der Waals surface area contributed by atoms with Gasteiger partial charge in [0.2, 0.25) is 0 Å². The van der Waals surface area contributed by atoms with Crippen LogP contribution in [-0.2, 0) is 5.41 Å². The summed E-state index contributed by atoms with van der Waals surface area (Å²) in [5, 5.41) is 2.54. The van der Waals surface area contributed by atoms with Gasteiger partial charge in [0.1, 0.15) is 3.55 Å². The highest BCUT2D eigenvalue weighted by Gasteiger charge is 2.38. The second kappa shape index (κ2) is 12.7. The van der Waals surface area contributed by atoms with Crippen molar-refractivity contribution in [2.45, 2.75) is 29.2 Å². The molecule has 3 heteroatoms. The molecule has 1 aromatic heterocycles. The molecule has 1 unspecified atom stereocenters. The van der Waals surface area contributed by atoms with Gasteiger partial charge in [-0.3, -0.25) is 0 Å². The maximum absolute atomic E-state index is 2.69. The molecule has 7 aromatic carbocycles. The molecule has 0 bridgehead atoms. The molecule has 1 heterocycles. The number of fused-ring (bicyclic) bond motifs is 6. The summed E-state index contributed by atoms with van der Waals surface area (Å²) in [5.74, 6) is 0. The van der Waals surface area contributed by atoms with E-state index in [0.29, 0.717) is 0 Å². The Morgan fingerprint density at radius 1 is 0.537 bits per heavy atom. The number of para-hydroxylation sites is 2. The van der Waals surface area contributed by atoms with Crippen molar-refractivity contribution in [3.05, 3.63) is 205 Å². The van der Waals surface area contributed by atoms with Gasteiger partial charge in [0.05, 0.1) is 11.0 Å². The summed E-state index contributed by atoms with van der Waals surface area (Å²) in [4.78, 5) is 2.54. The van der Waals surface area contributed by atoms with E-state index in [9.17, 15) is 0 Å². The van der Waals surface area contributed by atoms with Gasteiger partial charge in [-0.2, -0.15) is 0 Å². The molecule has 2 aliphatic carbocycles. The highest BCUT2D eigenvalue weighted by atomic mass is 127. The molecular weight excluding hydrogens is 767 g/mol. The number of anilines is 2. The van der Waals surface area contributed by atoms with Gasteiger partial charge in [-0.05, 0) is 128 Å². The molecule has 8 aromatic rings. The van der Waals surface area contributed by atoms with E-state index in [-0.39, 0.29) is 8.96 Å². The largest absolute Gasteiger partial charge is 0.323 e. The topological polar surface area (TPSA) is 8.17 Å². The van der Waals surface area contributed by atoms with E-state index in [4.69, 9.17) is 0 Å². The summed E-state index contributed by atoms with van der Waals surface area (Å²) in [5.41, 5.74) is 16.4. The van der Waals surface area contributed by atoms with Crippen LogP contribution in [0.15, 0.2) is 188 Å². The van der Waals surface area contributed by atoms with Crippen LogP contribution in [0, 0.1) is 0 Å². The Hall–Kier alpha value is -5.65. The molecule has 0 radical (unpaired) electrons. The highest BCUT2D eigenvalue weighted by Crippen LogP contribution is 2.52. The minimum Gasteiger partial charge on any atom is -0.323 e. The fraction of sp³-hybridized carbons (Fsp3) is 0.0980. The number of alkyl halides is 1. The van der Waals surface area contributed by atoms with Crippen molar-refractivity contribution in [1.29, 1.82) is 0 Å². The molecular formula is C51H39IN2. The molecule has 0 spiro atoms. The number of rotatable bonds is 6. The molecule has 0 saturated heterocycles. The number of hydrogen-bond donors (Lipinski definition) is 0. The van der Waals surface area contributed by atoms with E-state index in [1.165, 1.54) is 83.4 Å². The van der Waals surface area contributed by atoms with Gasteiger partial charge in [0, 0.05) is 39.7 Å². The van der Waals surface area contributed by atoms with E-state index in [1.54, 1.807) is 0 Å². The SMILES string of the molecule is CC1(C)c2ccccc2-c2cc(N(c3ccc(-c4ccccc4)cc3)C3(I)C=CC(c4ccc5c(c4)c4ccccc4n5-c4ccccc4)=CC3)ccc21. The Morgan fingerprint density at radius 2 is 1.17 bits per heavy atom. The van der Waals surface area contributed by atoms with Crippen LogP contribution in [0.1, 0.15) is 37.0 Å². The zero-order chi connectivity index (χ0) is 36.4. The first kappa shape index (κ1) is 33.0. The first-order valence-corrected chi connectivity index (χ1v) is 19.8. The average molecular weight is 807 g/mol. The monoisotopic (exact) mass is 806 g/mol. The molecule has 0 aliphatic heterocycles. The van der Waals surface area contributed by atoms with Crippen LogP contribution in [0.2, 0.25) is 0 Å². The van der Waals surface area contributed by atoms with Crippen LogP contribution in [-0.4, -0.2) is 8.11 Å². The zero-order valence-corrected chi connectivity index (χ0v) is 32.5. The summed E-state index contributed by atoms with van der Waals surface area (Å²) in [6.45, 7) is 4.70. The average Bonchev–Trinajstić information content (AvgIpc) is 3.67. The molecule has 0 saturated carbocycles. The zero-order valence-electron chi connectivity index (χ0n) is 30.4. The van der Waals surface area contributed by atoms with Crippen molar-refractivity contribution >= 4 is 61.3 Å². The van der Waals surface area contributed by atoms with Crippen molar-refractivity contribution in [1.82, 2.24) is 4.57 Å². The smallest absolute Gasteiger partial charge is 0.119 e. The van der Waals surface area contributed by atoms with Gasteiger partial charge in [-0.25, -0.2) is 0 Å². The van der Waals surface area contributed by atoms with Gasteiger partial charge < -0.3 is 9.47 Å². The molecule has 0 amide bonds.